The number of nitrogens with zero attached hydrogens (tertiary/aromatic N) is 4. The second-order valence-electron chi connectivity index (χ2n) is 4.55. The molecule has 1 aliphatic carbocycles. The van der Waals surface area contributed by atoms with Gasteiger partial charge in [-0.25, -0.2) is 9.67 Å². The largest absolute Gasteiger partial charge is 0.395 e. The quantitative estimate of drug-likeness (QED) is 0.745. The van der Waals surface area contributed by atoms with Crippen LogP contribution in [-0.4, -0.2) is 49.9 Å². The van der Waals surface area contributed by atoms with E-state index in [1.54, 1.807) is 4.90 Å². The van der Waals surface area contributed by atoms with Gasteiger partial charge in [0.1, 0.15) is 12.9 Å². The van der Waals surface area contributed by atoms with Gasteiger partial charge in [-0.15, -0.1) is 5.10 Å². The van der Waals surface area contributed by atoms with Crippen molar-refractivity contribution in [2.75, 3.05) is 18.9 Å². The summed E-state index contributed by atoms with van der Waals surface area (Å²) in [7, 11) is 0. The summed E-state index contributed by atoms with van der Waals surface area (Å²) in [4.78, 5) is 17.7. The van der Waals surface area contributed by atoms with E-state index in [1.165, 1.54) is 11.0 Å². The van der Waals surface area contributed by atoms with Gasteiger partial charge in [0.2, 0.25) is 11.9 Å². The third kappa shape index (κ3) is 2.98. The molecule has 0 saturated heterocycles. The summed E-state index contributed by atoms with van der Waals surface area (Å²) in [5.74, 6) is 0.123. The fraction of sp³-hybridized carbons (Fsp3) is 0.727. The molecule has 0 bridgehead atoms. The Bertz CT molecular complexity index is 400. The fourth-order valence-corrected chi connectivity index (χ4v) is 2.45. The standard InChI is InChI=1S/C11H19N5O2/c12-11-13-8-15(14-11)7-10(18)16(5-6-17)9-3-1-2-4-9/h8-9,17H,1-7H2,(H2,12,14). The van der Waals surface area contributed by atoms with Crippen molar-refractivity contribution in [1.29, 1.82) is 0 Å². The minimum Gasteiger partial charge on any atom is -0.395 e. The zero-order valence-electron chi connectivity index (χ0n) is 10.3. The van der Waals surface area contributed by atoms with Gasteiger partial charge in [0, 0.05) is 12.6 Å². The van der Waals surface area contributed by atoms with Crippen LogP contribution in [0.1, 0.15) is 25.7 Å². The van der Waals surface area contributed by atoms with E-state index in [0.29, 0.717) is 6.54 Å². The zero-order valence-corrected chi connectivity index (χ0v) is 10.3. The maximum Gasteiger partial charge on any atom is 0.244 e. The molecular weight excluding hydrogens is 234 g/mol. The van der Waals surface area contributed by atoms with Crippen molar-refractivity contribution in [3.05, 3.63) is 6.33 Å². The van der Waals surface area contributed by atoms with Crippen LogP contribution in [0.5, 0.6) is 0 Å². The molecule has 1 aliphatic rings. The SMILES string of the molecule is Nc1ncn(CC(=O)N(CCO)C2CCCC2)n1. The summed E-state index contributed by atoms with van der Waals surface area (Å²) in [6.07, 6.45) is 5.78. The Hall–Kier alpha value is -1.63. The molecule has 1 amide bonds. The highest BCUT2D eigenvalue weighted by Gasteiger charge is 2.26. The van der Waals surface area contributed by atoms with Crippen molar-refractivity contribution >= 4 is 11.9 Å². The average Bonchev–Trinajstić information content (AvgIpc) is 2.97. The van der Waals surface area contributed by atoms with Crippen LogP contribution in [0.3, 0.4) is 0 Å². The Balaban J connectivity index is 1.98. The van der Waals surface area contributed by atoms with Gasteiger partial charge in [0.25, 0.3) is 0 Å². The number of aromatic nitrogens is 3. The summed E-state index contributed by atoms with van der Waals surface area (Å²) in [6, 6.07) is 0.255. The lowest BCUT2D eigenvalue weighted by atomic mass is 10.2. The van der Waals surface area contributed by atoms with Crippen molar-refractivity contribution in [2.24, 2.45) is 0 Å². The third-order valence-corrected chi connectivity index (χ3v) is 3.28. The van der Waals surface area contributed by atoms with E-state index in [-0.39, 0.29) is 31.0 Å². The van der Waals surface area contributed by atoms with E-state index in [4.69, 9.17) is 10.8 Å². The predicted molar refractivity (Wildman–Crippen MR) is 65.5 cm³/mol. The Morgan fingerprint density at radius 2 is 2.28 bits per heavy atom. The van der Waals surface area contributed by atoms with Crippen molar-refractivity contribution in [3.63, 3.8) is 0 Å². The van der Waals surface area contributed by atoms with E-state index in [9.17, 15) is 4.79 Å². The molecule has 0 atom stereocenters. The summed E-state index contributed by atoms with van der Waals surface area (Å²) < 4.78 is 1.43. The van der Waals surface area contributed by atoms with Gasteiger partial charge in [-0.05, 0) is 12.8 Å². The number of anilines is 1. The van der Waals surface area contributed by atoms with Gasteiger partial charge in [0.15, 0.2) is 0 Å². The molecule has 0 aliphatic heterocycles. The highest BCUT2D eigenvalue weighted by Crippen LogP contribution is 2.23. The van der Waals surface area contributed by atoms with Gasteiger partial charge >= 0.3 is 0 Å². The zero-order chi connectivity index (χ0) is 13.0. The van der Waals surface area contributed by atoms with Gasteiger partial charge in [-0.1, -0.05) is 12.8 Å². The smallest absolute Gasteiger partial charge is 0.244 e. The Kier molecular flexibility index (Phi) is 4.14. The monoisotopic (exact) mass is 253 g/mol. The van der Waals surface area contributed by atoms with Gasteiger partial charge in [-0.3, -0.25) is 4.79 Å². The molecule has 7 heteroatoms. The van der Waals surface area contributed by atoms with Crippen LogP contribution in [0.4, 0.5) is 5.95 Å². The average molecular weight is 253 g/mol. The molecule has 100 valence electrons. The van der Waals surface area contributed by atoms with Gasteiger partial charge in [-0.2, -0.15) is 0 Å². The molecule has 1 fully saturated rings. The maximum atomic E-state index is 12.2. The van der Waals surface area contributed by atoms with Crippen LogP contribution in [0.15, 0.2) is 6.33 Å². The second kappa shape index (κ2) is 5.81. The van der Waals surface area contributed by atoms with Crippen molar-refractivity contribution in [3.8, 4) is 0 Å². The Morgan fingerprint density at radius 1 is 1.56 bits per heavy atom. The summed E-state index contributed by atoms with van der Waals surface area (Å²) >= 11 is 0. The molecule has 1 aromatic rings. The molecule has 0 spiro atoms. The minimum absolute atomic E-state index is 0.0122. The van der Waals surface area contributed by atoms with Crippen LogP contribution in [0, 0.1) is 0 Å². The van der Waals surface area contributed by atoms with Crippen LogP contribution >= 0.6 is 0 Å². The van der Waals surface area contributed by atoms with Crippen LogP contribution < -0.4 is 5.73 Å². The number of aliphatic hydroxyl groups is 1. The Morgan fingerprint density at radius 3 is 2.83 bits per heavy atom. The fourth-order valence-electron chi connectivity index (χ4n) is 2.45. The van der Waals surface area contributed by atoms with Crippen molar-refractivity contribution in [2.45, 2.75) is 38.3 Å². The summed E-state index contributed by atoms with van der Waals surface area (Å²) in [5.41, 5.74) is 5.40. The highest BCUT2D eigenvalue weighted by atomic mass is 16.3. The van der Waals surface area contributed by atoms with Crippen molar-refractivity contribution < 1.29 is 9.90 Å². The molecular formula is C11H19N5O2. The minimum atomic E-state index is -0.0409. The number of nitrogen functional groups attached to an aromatic ring is 1. The molecule has 0 aromatic carbocycles. The van der Waals surface area contributed by atoms with Crippen LogP contribution in [-0.2, 0) is 11.3 Å². The predicted octanol–water partition coefficient (Wildman–Crippen LogP) is -0.376. The van der Waals surface area contributed by atoms with Crippen molar-refractivity contribution in [1.82, 2.24) is 19.7 Å². The summed E-state index contributed by atoms with van der Waals surface area (Å²) in [5, 5.41) is 13.0. The number of rotatable bonds is 5. The molecule has 1 heterocycles. The highest BCUT2D eigenvalue weighted by molar-refractivity contribution is 5.76. The third-order valence-electron chi connectivity index (χ3n) is 3.28. The molecule has 0 radical (unpaired) electrons. The molecule has 2 rings (SSSR count). The normalized spacial score (nSPS) is 16.1. The van der Waals surface area contributed by atoms with E-state index in [1.807, 2.05) is 0 Å². The number of carbonyl (C=O) groups excluding carboxylic acids is 1. The molecule has 1 saturated carbocycles. The van der Waals surface area contributed by atoms with E-state index in [2.05, 4.69) is 10.1 Å². The van der Waals surface area contributed by atoms with E-state index < -0.39 is 0 Å². The number of hydrogen-bond acceptors (Lipinski definition) is 5. The number of aliphatic hydroxyl groups excluding tert-OH is 1. The molecule has 7 nitrogen and oxygen atoms in total. The van der Waals surface area contributed by atoms with Crippen LogP contribution in [0.2, 0.25) is 0 Å². The first-order valence-corrected chi connectivity index (χ1v) is 6.26. The van der Waals surface area contributed by atoms with E-state index in [0.717, 1.165) is 25.7 Å². The lowest BCUT2D eigenvalue weighted by Gasteiger charge is -2.28. The lowest BCUT2D eigenvalue weighted by molar-refractivity contribution is -0.134. The number of hydrogen-bond donors (Lipinski definition) is 2. The number of amides is 1. The second-order valence-corrected chi connectivity index (χ2v) is 4.55. The van der Waals surface area contributed by atoms with Crippen LogP contribution in [0.25, 0.3) is 0 Å². The maximum absolute atomic E-state index is 12.2. The Labute approximate surface area is 106 Å². The first-order chi connectivity index (χ1) is 8.70. The van der Waals surface area contributed by atoms with E-state index >= 15 is 0 Å². The number of carbonyl (C=O) groups is 1. The molecule has 18 heavy (non-hydrogen) atoms. The summed E-state index contributed by atoms with van der Waals surface area (Å²) in [6.45, 7) is 0.496. The topological polar surface area (TPSA) is 97.3 Å². The lowest BCUT2D eigenvalue weighted by Crippen LogP contribution is -2.42. The molecule has 3 N–H and O–H groups in total. The van der Waals surface area contributed by atoms with Gasteiger partial charge < -0.3 is 15.7 Å². The number of nitrogens with two attached hydrogens (primary N) is 1. The first kappa shape index (κ1) is 12.8. The molecule has 0 unspecified atom stereocenters. The first-order valence-electron chi connectivity index (χ1n) is 6.26. The van der Waals surface area contributed by atoms with Gasteiger partial charge in [0.05, 0.1) is 6.61 Å². The molecule has 1 aromatic heterocycles.